The molecular formula is H3BNbO4P. The molecule has 0 aromatic carbocycles. The van der Waals surface area contributed by atoms with E-state index in [1.807, 2.05) is 0 Å². The van der Waals surface area contributed by atoms with Gasteiger partial charge in [-0.25, -0.2) is 4.57 Å². The van der Waals surface area contributed by atoms with Gasteiger partial charge in [-0.2, -0.15) is 0 Å². The summed E-state index contributed by atoms with van der Waals surface area (Å²) in [6.45, 7) is 0. The molecule has 0 saturated carbocycles. The van der Waals surface area contributed by atoms with Gasteiger partial charge >= 0.3 is 7.82 Å². The van der Waals surface area contributed by atoms with Gasteiger partial charge in [0.2, 0.25) is 0 Å². The van der Waals surface area contributed by atoms with Crippen molar-refractivity contribution in [2.24, 2.45) is 0 Å². The summed E-state index contributed by atoms with van der Waals surface area (Å²) < 4.78 is 8.88. The molecule has 7 heavy (non-hydrogen) atoms. The Morgan fingerprint density at radius 1 is 1.14 bits per heavy atom. The van der Waals surface area contributed by atoms with Crippen molar-refractivity contribution in [1.82, 2.24) is 0 Å². The molecule has 0 rings (SSSR count). The van der Waals surface area contributed by atoms with Gasteiger partial charge in [0.05, 0.1) is 0 Å². The van der Waals surface area contributed by atoms with Crippen LogP contribution in [0.1, 0.15) is 0 Å². The van der Waals surface area contributed by atoms with Gasteiger partial charge in [0.25, 0.3) is 0 Å². The maximum absolute atomic E-state index is 8.88. The maximum atomic E-state index is 8.88. The fourth-order valence-corrected chi connectivity index (χ4v) is 0. The smallest absolute Gasteiger partial charge is 0.303 e. The first-order valence-corrected chi connectivity index (χ1v) is 2.35. The van der Waals surface area contributed by atoms with Crippen LogP contribution in [0.3, 0.4) is 0 Å². The third kappa shape index (κ3) is 199. The summed E-state index contributed by atoms with van der Waals surface area (Å²) in [5.41, 5.74) is 0. The van der Waals surface area contributed by atoms with Gasteiger partial charge in [-0.05, 0) is 0 Å². The van der Waals surface area contributed by atoms with Gasteiger partial charge in [0, 0.05) is 30.8 Å². The molecule has 0 aliphatic carbocycles. The minimum atomic E-state index is -4.64. The van der Waals surface area contributed by atoms with E-state index in [2.05, 4.69) is 0 Å². The number of hydrogen-bond donors (Lipinski definition) is 3. The molecule has 0 unspecified atom stereocenters. The summed E-state index contributed by atoms with van der Waals surface area (Å²) in [5, 5.41) is 0. The molecule has 0 spiro atoms. The topological polar surface area (TPSA) is 77.8 Å². The summed E-state index contributed by atoms with van der Waals surface area (Å²) in [4.78, 5) is 21.6. The molecule has 40 valence electrons. The van der Waals surface area contributed by atoms with Gasteiger partial charge < -0.3 is 14.7 Å². The maximum Gasteiger partial charge on any atom is 0.466 e. The molecule has 0 aliphatic heterocycles. The quantitative estimate of drug-likeness (QED) is 0.336. The largest absolute Gasteiger partial charge is 0.466 e. The molecule has 0 aromatic rings. The molecule has 4 nitrogen and oxygen atoms in total. The fourth-order valence-electron chi connectivity index (χ4n) is 0. The predicted octanol–water partition coefficient (Wildman–Crippen LogP) is -1.31. The van der Waals surface area contributed by atoms with Crippen molar-refractivity contribution in [2.45, 2.75) is 0 Å². The van der Waals surface area contributed by atoms with E-state index < -0.39 is 7.82 Å². The number of phosphoric acid groups is 1. The predicted molar refractivity (Wildman–Crippen MR) is 20.0 cm³/mol. The second-order valence-corrected chi connectivity index (χ2v) is 1.54. The Hall–Kier alpha value is 0.915. The van der Waals surface area contributed by atoms with Crippen molar-refractivity contribution in [1.29, 1.82) is 0 Å². The van der Waals surface area contributed by atoms with Crippen LogP contribution in [0.4, 0.5) is 0 Å². The zero-order valence-electron chi connectivity index (χ0n) is 3.22. The van der Waals surface area contributed by atoms with Crippen molar-refractivity contribution < 1.29 is 41.6 Å². The monoisotopic (exact) mass is 202 g/mol. The van der Waals surface area contributed by atoms with E-state index in [1.54, 1.807) is 0 Å². The zero-order valence-corrected chi connectivity index (χ0v) is 6.31. The molecule has 0 amide bonds. The van der Waals surface area contributed by atoms with E-state index in [1.165, 1.54) is 0 Å². The van der Waals surface area contributed by atoms with Gasteiger partial charge in [-0.3, -0.25) is 0 Å². The van der Waals surface area contributed by atoms with E-state index in [9.17, 15) is 0 Å². The van der Waals surface area contributed by atoms with E-state index in [0.29, 0.717) is 0 Å². The van der Waals surface area contributed by atoms with Crippen molar-refractivity contribution >= 4 is 16.2 Å². The minimum absolute atomic E-state index is 0. The molecule has 0 heterocycles. The second-order valence-electron chi connectivity index (χ2n) is 0.513. The van der Waals surface area contributed by atoms with Crippen LogP contribution in [0.25, 0.3) is 0 Å². The van der Waals surface area contributed by atoms with Crippen molar-refractivity contribution in [3.8, 4) is 0 Å². The zero-order chi connectivity index (χ0) is 4.50. The summed E-state index contributed by atoms with van der Waals surface area (Å²) in [5.74, 6) is 0. The molecule has 3 N–H and O–H groups in total. The molecule has 0 bridgehead atoms. The van der Waals surface area contributed by atoms with E-state index >= 15 is 0 Å². The number of rotatable bonds is 0. The molecule has 0 fully saturated rings. The Bertz CT molecular complexity index is 57.8. The van der Waals surface area contributed by atoms with Crippen molar-refractivity contribution in [3.05, 3.63) is 0 Å². The average molecular weight is 202 g/mol. The Morgan fingerprint density at radius 3 is 1.14 bits per heavy atom. The van der Waals surface area contributed by atoms with Crippen LogP contribution in [0.5, 0.6) is 0 Å². The summed E-state index contributed by atoms with van der Waals surface area (Å²) in [6.07, 6.45) is 0. The van der Waals surface area contributed by atoms with Crippen molar-refractivity contribution in [3.63, 3.8) is 0 Å². The third-order valence-corrected chi connectivity index (χ3v) is 0. The van der Waals surface area contributed by atoms with Crippen LogP contribution < -0.4 is 0 Å². The first kappa shape index (κ1) is 15.7. The standard InChI is InChI=1S/B.Nb.H3O4P/c;;1-5(2,3)4/h;;(H3,1,2,3,4). The van der Waals surface area contributed by atoms with Crippen LogP contribution >= 0.6 is 7.82 Å². The van der Waals surface area contributed by atoms with Gasteiger partial charge in [-0.1, -0.05) is 0 Å². The van der Waals surface area contributed by atoms with Gasteiger partial charge in [0.15, 0.2) is 0 Å². The molecule has 0 atom stereocenters. The molecule has 0 aliphatic rings. The van der Waals surface area contributed by atoms with E-state index in [4.69, 9.17) is 19.2 Å². The molecule has 4 radical (unpaired) electrons. The Kier molecular flexibility index (Phi) is 11.3. The summed E-state index contributed by atoms with van der Waals surface area (Å²) in [7, 11) is -4.64. The Balaban J connectivity index is -0.0000000800. The van der Waals surface area contributed by atoms with Crippen LogP contribution in [0, 0.1) is 0 Å². The molecule has 7 heteroatoms. The summed E-state index contributed by atoms with van der Waals surface area (Å²) in [6, 6.07) is 0. The van der Waals surface area contributed by atoms with Crippen LogP contribution in [0.2, 0.25) is 0 Å². The first-order valence-electron chi connectivity index (χ1n) is 0.783. The molecule has 0 aromatic heterocycles. The normalized spacial score (nSPS) is 8.43. The molecular weight excluding hydrogens is 199 g/mol. The van der Waals surface area contributed by atoms with Gasteiger partial charge in [0.1, 0.15) is 0 Å². The van der Waals surface area contributed by atoms with Crippen molar-refractivity contribution in [2.75, 3.05) is 0 Å². The third-order valence-electron chi connectivity index (χ3n) is 0. The van der Waals surface area contributed by atoms with E-state index in [-0.39, 0.29) is 30.8 Å². The molecule has 0 saturated heterocycles. The fraction of sp³-hybridized carbons (Fsp3) is 0. The first-order chi connectivity index (χ1) is 2.00. The second kappa shape index (κ2) is 5.06. The Labute approximate surface area is 58.3 Å². The SMILES string of the molecule is O=P(O)(O)O.[B].[Nb]. The van der Waals surface area contributed by atoms with Crippen LogP contribution in [0.15, 0.2) is 0 Å². The number of hydrogen-bond acceptors (Lipinski definition) is 1. The average Bonchev–Trinajstić information content (AvgIpc) is 0.722. The summed E-state index contributed by atoms with van der Waals surface area (Å²) >= 11 is 0. The van der Waals surface area contributed by atoms with E-state index in [0.717, 1.165) is 0 Å². The van der Waals surface area contributed by atoms with Gasteiger partial charge in [-0.15, -0.1) is 0 Å². The minimum Gasteiger partial charge on any atom is -0.303 e. The van der Waals surface area contributed by atoms with Crippen LogP contribution in [-0.2, 0) is 26.9 Å². The Morgan fingerprint density at radius 2 is 1.14 bits per heavy atom. The van der Waals surface area contributed by atoms with Crippen LogP contribution in [-0.4, -0.2) is 23.1 Å².